The van der Waals surface area contributed by atoms with Gasteiger partial charge in [-0.05, 0) is 73.5 Å². The third-order valence-corrected chi connectivity index (χ3v) is 6.44. The van der Waals surface area contributed by atoms with Crippen molar-refractivity contribution in [2.45, 2.75) is 20.8 Å². The van der Waals surface area contributed by atoms with Crippen LogP contribution in [0.5, 0.6) is 0 Å². The Hall–Kier alpha value is -4.82. The maximum Gasteiger partial charge on any atom is 0.0466 e. The Kier molecular flexibility index (Phi) is 9.16. The quantitative estimate of drug-likeness (QED) is 0.228. The Morgan fingerprint density at radius 3 is 2.03 bits per heavy atom. The molecule has 0 bridgehead atoms. The number of aromatic amines is 1. The molecule has 0 atom stereocenters. The fraction of sp³-hybridized carbons (Fsp3) is 0.0811. The predicted molar refractivity (Wildman–Crippen MR) is 173 cm³/mol. The van der Waals surface area contributed by atoms with Crippen LogP contribution in [0.4, 0.5) is 5.69 Å². The molecule has 6 aromatic rings. The zero-order valence-corrected chi connectivity index (χ0v) is 23.0. The number of benzene rings is 5. The van der Waals surface area contributed by atoms with Crippen LogP contribution in [-0.4, -0.2) is 4.98 Å². The van der Waals surface area contributed by atoms with E-state index in [2.05, 4.69) is 135 Å². The molecule has 39 heavy (non-hydrogen) atoms. The summed E-state index contributed by atoms with van der Waals surface area (Å²) in [7, 11) is 0. The summed E-state index contributed by atoms with van der Waals surface area (Å²) in [6.07, 6.45) is 5.50. The Morgan fingerprint density at radius 1 is 0.667 bits per heavy atom. The van der Waals surface area contributed by atoms with E-state index < -0.39 is 0 Å². The molecule has 1 aromatic heterocycles. The van der Waals surface area contributed by atoms with E-state index in [9.17, 15) is 0 Å². The molecule has 0 saturated heterocycles. The van der Waals surface area contributed by atoms with Gasteiger partial charge in [0.15, 0.2) is 0 Å². The molecule has 0 aliphatic heterocycles. The number of nitrogens with one attached hydrogen (secondary N) is 2. The fourth-order valence-electron chi connectivity index (χ4n) is 4.42. The lowest BCUT2D eigenvalue weighted by Crippen LogP contribution is -1.94. The van der Waals surface area contributed by atoms with Crippen LogP contribution < -0.4 is 5.32 Å². The molecule has 1 heterocycles. The summed E-state index contributed by atoms with van der Waals surface area (Å²) in [5.74, 6) is 0. The number of fused-ring (bicyclic) bond motifs is 4. The van der Waals surface area contributed by atoms with Crippen molar-refractivity contribution in [3.05, 3.63) is 163 Å². The van der Waals surface area contributed by atoms with Crippen molar-refractivity contribution in [3.63, 3.8) is 0 Å². The highest BCUT2D eigenvalue weighted by atomic mass is 14.9. The molecule has 0 saturated carbocycles. The van der Waals surface area contributed by atoms with E-state index in [-0.39, 0.29) is 0 Å². The molecule has 2 N–H and O–H groups in total. The number of aromatic nitrogens is 1. The summed E-state index contributed by atoms with van der Waals surface area (Å²) in [4.78, 5) is 3.44. The number of rotatable bonds is 4. The number of hydrogen-bond donors (Lipinski definition) is 2. The lowest BCUT2D eigenvalue weighted by Gasteiger charge is -2.06. The van der Waals surface area contributed by atoms with E-state index in [1.54, 1.807) is 6.08 Å². The molecule has 0 radical (unpaired) electrons. The van der Waals surface area contributed by atoms with Gasteiger partial charge in [-0.1, -0.05) is 115 Å². The van der Waals surface area contributed by atoms with Gasteiger partial charge in [-0.15, -0.1) is 0 Å². The van der Waals surface area contributed by atoms with Crippen molar-refractivity contribution in [1.29, 1.82) is 0 Å². The maximum absolute atomic E-state index is 3.98. The molecule has 2 heteroatoms. The SMILES string of the molecule is C=C/C=C\C(=C)Nc1ccc2[nH]c3ccc(C)cc3c2c1.Cc1cccc2ccccc12.Cc1ccccc1. The van der Waals surface area contributed by atoms with Gasteiger partial charge in [0.1, 0.15) is 0 Å². The molecule has 5 aromatic carbocycles. The molecule has 2 nitrogen and oxygen atoms in total. The monoisotopic (exact) mass is 508 g/mol. The van der Waals surface area contributed by atoms with Crippen LogP contribution in [0, 0.1) is 20.8 Å². The van der Waals surface area contributed by atoms with Crippen molar-refractivity contribution in [3.8, 4) is 0 Å². The van der Waals surface area contributed by atoms with Crippen molar-refractivity contribution in [1.82, 2.24) is 4.98 Å². The molecule has 0 aliphatic rings. The molecular formula is C37H36N2. The Morgan fingerprint density at radius 2 is 1.33 bits per heavy atom. The first-order valence-corrected chi connectivity index (χ1v) is 13.2. The molecule has 0 unspecified atom stereocenters. The summed E-state index contributed by atoms with van der Waals surface area (Å²) >= 11 is 0. The molecule has 0 aliphatic carbocycles. The van der Waals surface area contributed by atoms with Gasteiger partial charge >= 0.3 is 0 Å². The highest BCUT2D eigenvalue weighted by molar-refractivity contribution is 6.08. The molecule has 0 fully saturated rings. The first kappa shape index (κ1) is 27.2. The van der Waals surface area contributed by atoms with Gasteiger partial charge in [0.2, 0.25) is 0 Å². The topological polar surface area (TPSA) is 27.8 Å². The van der Waals surface area contributed by atoms with Crippen LogP contribution in [0.1, 0.15) is 16.7 Å². The third-order valence-electron chi connectivity index (χ3n) is 6.44. The van der Waals surface area contributed by atoms with Gasteiger partial charge in [-0.2, -0.15) is 0 Å². The summed E-state index contributed by atoms with van der Waals surface area (Å²) in [5, 5.41) is 8.45. The zero-order valence-electron chi connectivity index (χ0n) is 23.0. The normalized spacial score (nSPS) is 10.5. The van der Waals surface area contributed by atoms with Crippen LogP contribution in [0.15, 0.2) is 146 Å². The summed E-state index contributed by atoms with van der Waals surface area (Å²) in [6.45, 7) is 14.0. The maximum atomic E-state index is 3.98. The second-order valence-corrected chi connectivity index (χ2v) is 9.63. The van der Waals surface area contributed by atoms with Gasteiger partial charge in [-0.25, -0.2) is 0 Å². The Balaban J connectivity index is 0.000000162. The van der Waals surface area contributed by atoms with Crippen molar-refractivity contribution in [2.75, 3.05) is 5.32 Å². The van der Waals surface area contributed by atoms with Crippen molar-refractivity contribution < 1.29 is 0 Å². The number of anilines is 1. The zero-order chi connectivity index (χ0) is 27.6. The average molecular weight is 509 g/mol. The summed E-state index contributed by atoms with van der Waals surface area (Å²) in [6, 6.07) is 37.9. The summed E-state index contributed by atoms with van der Waals surface area (Å²) < 4.78 is 0. The Labute approximate surface area is 232 Å². The van der Waals surface area contributed by atoms with Crippen LogP contribution in [-0.2, 0) is 0 Å². The van der Waals surface area contributed by atoms with Gasteiger partial charge in [0, 0.05) is 33.2 Å². The number of H-pyrrole nitrogens is 1. The highest BCUT2D eigenvalue weighted by Gasteiger charge is 2.05. The molecule has 0 amide bonds. The number of allylic oxidation sites excluding steroid dienone is 3. The van der Waals surface area contributed by atoms with E-state index in [0.717, 1.165) is 22.4 Å². The number of aryl methyl sites for hydroxylation is 3. The molecule has 6 rings (SSSR count). The lowest BCUT2D eigenvalue weighted by molar-refractivity contribution is 1.48. The van der Waals surface area contributed by atoms with Gasteiger partial charge in [0.25, 0.3) is 0 Å². The second-order valence-electron chi connectivity index (χ2n) is 9.63. The minimum atomic E-state index is 0.838. The second kappa shape index (κ2) is 13.1. The van der Waals surface area contributed by atoms with E-state index in [1.165, 1.54) is 38.2 Å². The van der Waals surface area contributed by atoms with Crippen LogP contribution >= 0.6 is 0 Å². The van der Waals surface area contributed by atoms with Crippen LogP contribution in [0.3, 0.4) is 0 Å². The van der Waals surface area contributed by atoms with Gasteiger partial charge in [0.05, 0.1) is 0 Å². The van der Waals surface area contributed by atoms with E-state index >= 15 is 0 Å². The first-order chi connectivity index (χ1) is 18.9. The first-order valence-electron chi connectivity index (χ1n) is 13.2. The minimum Gasteiger partial charge on any atom is -0.356 e. The largest absolute Gasteiger partial charge is 0.356 e. The Bertz CT molecular complexity index is 1730. The molecule has 0 spiro atoms. The van der Waals surface area contributed by atoms with Crippen LogP contribution in [0.25, 0.3) is 32.6 Å². The van der Waals surface area contributed by atoms with Crippen molar-refractivity contribution >= 4 is 38.3 Å². The van der Waals surface area contributed by atoms with E-state index in [4.69, 9.17) is 0 Å². The van der Waals surface area contributed by atoms with E-state index in [1.807, 2.05) is 30.4 Å². The van der Waals surface area contributed by atoms with Crippen molar-refractivity contribution in [2.24, 2.45) is 0 Å². The highest BCUT2D eigenvalue weighted by Crippen LogP contribution is 2.29. The standard InChI is InChI=1S/C19H18N2.C11H10.C7H8/c1-4-5-6-14(3)20-15-8-10-19-17(12-15)16-11-13(2)7-9-18(16)21-19;1-9-5-4-7-10-6-2-3-8-11(9)10;1-7-5-3-2-4-6-7/h4-12,20-21H,1,3H2,2H3;2-8H,1H3;2-6H,1H3/b6-5-;;. The van der Waals surface area contributed by atoms with Gasteiger partial charge < -0.3 is 10.3 Å². The average Bonchev–Trinajstić information content (AvgIpc) is 3.30. The van der Waals surface area contributed by atoms with E-state index in [0.29, 0.717) is 0 Å². The van der Waals surface area contributed by atoms with Gasteiger partial charge in [-0.3, -0.25) is 0 Å². The smallest absolute Gasteiger partial charge is 0.0466 e. The minimum absolute atomic E-state index is 0.838. The summed E-state index contributed by atoms with van der Waals surface area (Å²) in [5.41, 5.74) is 8.12. The molecule has 194 valence electrons. The molecular weight excluding hydrogens is 472 g/mol. The van der Waals surface area contributed by atoms with Crippen LogP contribution in [0.2, 0.25) is 0 Å². The predicted octanol–water partition coefficient (Wildman–Crippen LogP) is 10.4. The third kappa shape index (κ3) is 7.37. The lowest BCUT2D eigenvalue weighted by atomic mass is 10.1. The number of hydrogen-bond acceptors (Lipinski definition) is 1. The fourth-order valence-corrected chi connectivity index (χ4v) is 4.42.